The molecule has 1 aliphatic rings. The van der Waals surface area contributed by atoms with Crippen LogP contribution in [0.4, 0.5) is 5.69 Å². The first-order valence-corrected chi connectivity index (χ1v) is 7.03. The molecule has 2 nitrogen and oxygen atoms in total. The maximum atomic E-state index is 6.04. The molecule has 1 atom stereocenters. The van der Waals surface area contributed by atoms with E-state index < -0.39 is 0 Å². The van der Waals surface area contributed by atoms with Gasteiger partial charge in [-0.15, -0.1) is 0 Å². The molecule has 1 heterocycles. The second kappa shape index (κ2) is 5.10. The van der Waals surface area contributed by atoms with Crippen LogP contribution in [-0.2, 0) is 0 Å². The summed E-state index contributed by atoms with van der Waals surface area (Å²) in [7, 11) is 2.06. The number of nitrogens with zero attached hydrogens (tertiary/aromatic N) is 1. The van der Waals surface area contributed by atoms with Crippen molar-refractivity contribution in [2.24, 2.45) is 0 Å². The maximum Gasteiger partial charge on any atom is 0.0410 e. The summed E-state index contributed by atoms with van der Waals surface area (Å²) < 4.78 is 0. The first kappa shape index (κ1) is 13.7. The highest BCUT2D eigenvalue weighted by molar-refractivity contribution is 6.30. The van der Waals surface area contributed by atoms with Gasteiger partial charge in [0.25, 0.3) is 0 Å². The van der Waals surface area contributed by atoms with E-state index in [-0.39, 0.29) is 5.54 Å². The predicted octanol–water partition coefficient (Wildman–Crippen LogP) is 3.62. The predicted molar refractivity (Wildman–Crippen MR) is 79.7 cm³/mol. The van der Waals surface area contributed by atoms with Crippen LogP contribution < -0.4 is 10.2 Å². The second-order valence-electron chi connectivity index (χ2n) is 5.87. The van der Waals surface area contributed by atoms with Crippen molar-refractivity contribution in [2.75, 3.05) is 18.5 Å². The molecule has 100 valence electrons. The monoisotopic (exact) mass is 266 g/mol. The summed E-state index contributed by atoms with van der Waals surface area (Å²) in [6.07, 6.45) is 2.37. The van der Waals surface area contributed by atoms with Gasteiger partial charge in [0, 0.05) is 28.8 Å². The van der Waals surface area contributed by atoms with E-state index in [1.165, 1.54) is 24.1 Å². The van der Waals surface area contributed by atoms with E-state index in [0.717, 1.165) is 11.6 Å². The third-order valence-corrected chi connectivity index (χ3v) is 4.27. The molecule has 0 aromatic heterocycles. The van der Waals surface area contributed by atoms with E-state index in [1.807, 2.05) is 6.07 Å². The largest absolute Gasteiger partial charge is 0.366 e. The van der Waals surface area contributed by atoms with E-state index in [9.17, 15) is 0 Å². The van der Waals surface area contributed by atoms with Crippen LogP contribution in [0.5, 0.6) is 0 Å². The maximum absolute atomic E-state index is 6.04. The zero-order valence-electron chi connectivity index (χ0n) is 11.8. The van der Waals surface area contributed by atoms with E-state index in [2.05, 4.69) is 50.2 Å². The number of aryl methyl sites for hydroxylation is 1. The molecule has 1 aromatic carbocycles. The van der Waals surface area contributed by atoms with E-state index in [4.69, 9.17) is 11.6 Å². The minimum atomic E-state index is 0.185. The van der Waals surface area contributed by atoms with Crippen LogP contribution in [0.3, 0.4) is 0 Å². The number of benzene rings is 1. The fourth-order valence-electron chi connectivity index (χ4n) is 3.02. The van der Waals surface area contributed by atoms with Crippen molar-refractivity contribution >= 4 is 17.3 Å². The van der Waals surface area contributed by atoms with Gasteiger partial charge in [-0.25, -0.2) is 0 Å². The molecule has 2 rings (SSSR count). The molecule has 1 N–H and O–H groups in total. The Morgan fingerprint density at radius 1 is 1.39 bits per heavy atom. The standard InChI is InChI=1S/C15H23ClN2/c1-11-9-12(16)5-6-14(11)18-8-7-13(17-4)10-15(18,2)3/h5-6,9,13,17H,7-8,10H2,1-4H3. The Balaban J connectivity index is 2.27. The summed E-state index contributed by atoms with van der Waals surface area (Å²) in [6.45, 7) is 7.89. The second-order valence-corrected chi connectivity index (χ2v) is 6.31. The number of nitrogens with one attached hydrogen (secondary N) is 1. The Kier molecular flexibility index (Phi) is 3.88. The van der Waals surface area contributed by atoms with Gasteiger partial charge in [-0.1, -0.05) is 11.6 Å². The first-order chi connectivity index (χ1) is 8.44. The zero-order valence-corrected chi connectivity index (χ0v) is 12.5. The molecule has 0 amide bonds. The minimum Gasteiger partial charge on any atom is -0.366 e. The average molecular weight is 267 g/mol. The molecular formula is C15H23ClN2. The van der Waals surface area contributed by atoms with Crippen LogP contribution in [0.2, 0.25) is 5.02 Å². The average Bonchev–Trinajstić information content (AvgIpc) is 2.29. The summed E-state index contributed by atoms with van der Waals surface area (Å²) in [6, 6.07) is 6.82. The third kappa shape index (κ3) is 2.65. The van der Waals surface area contributed by atoms with Gasteiger partial charge in [-0.3, -0.25) is 0 Å². The van der Waals surface area contributed by atoms with Gasteiger partial charge < -0.3 is 10.2 Å². The van der Waals surface area contributed by atoms with Crippen molar-refractivity contribution in [2.45, 2.75) is 45.2 Å². The van der Waals surface area contributed by atoms with Gasteiger partial charge in [0.1, 0.15) is 0 Å². The highest BCUT2D eigenvalue weighted by Crippen LogP contribution is 2.35. The molecule has 3 heteroatoms. The number of hydrogen-bond donors (Lipinski definition) is 1. The molecular weight excluding hydrogens is 244 g/mol. The molecule has 1 saturated heterocycles. The van der Waals surface area contributed by atoms with Gasteiger partial charge in [0.2, 0.25) is 0 Å². The Morgan fingerprint density at radius 3 is 2.67 bits per heavy atom. The van der Waals surface area contributed by atoms with Crippen molar-refractivity contribution in [3.05, 3.63) is 28.8 Å². The lowest BCUT2D eigenvalue weighted by Crippen LogP contribution is -2.54. The molecule has 0 saturated carbocycles. The summed E-state index contributed by atoms with van der Waals surface area (Å²) in [4.78, 5) is 2.52. The Hall–Kier alpha value is -0.730. The van der Waals surface area contributed by atoms with Gasteiger partial charge in [-0.05, 0) is 64.4 Å². The molecule has 0 spiro atoms. The fourth-order valence-corrected chi connectivity index (χ4v) is 3.24. The molecule has 0 bridgehead atoms. The molecule has 0 radical (unpaired) electrons. The van der Waals surface area contributed by atoms with Crippen LogP contribution >= 0.6 is 11.6 Å². The molecule has 1 aliphatic heterocycles. The number of hydrogen-bond acceptors (Lipinski definition) is 2. The number of rotatable bonds is 2. The topological polar surface area (TPSA) is 15.3 Å². The lowest BCUT2D eigenvalue weighted by Gasteiger charge is -2.47. The third-order valence-electron chi connectivity index (χ3n) is 4.04. The van der Waals surface area contributed by atoms with Crippen molar-refractivity contribution < 1.29 is 0 Å². The van der Waals surface area contributed by atoms with Crippen molar-refractivity contribution in [3.8, 4) is 0 Å². The lowest BCUT2D eigenvalue weighted by molar-refractivity contribution is 0.301. The first-order valence-electron chi connectivity index (χ1n) is 6.65. The van der Waals surface area contributed by atoms with E-state index >= 15 is 0 Å². The van der Waals surface area contributed by atoms with Crippen molar-refractivity contribution in [3.63, 3.8) is 0 Å². The highest BCUT2D eigenvalue weighted by atomic mass is 35.5. The highest BCUT2D eigenvalue weighted by Gasteiger charge is 2.34. The molecule has 1 aromatic rings. The zero-order chi connectivity index (χ0) is 13.3. The van der Waals surface area contributed by atoms with Gasteiger partial charge in [0.05, 0.1) is 0 Å². The van der Waals surface area contributed by atoms with Crippen LogP contribution in [0.25, 0.3) is 0 Å². The van der Waals surface area contributed by atoms with Crippen LogP contribution in [0, 0.1) is 6.92 Å². The summed E-state index contributed by atoms with van der Waals surface area (Å²) in [5.41, 5.74) is 2.77. The Labute approximate surface area is 115 Å². The molecule has 0 aliphatic carbocycles. The Bertz CT molecular complexity index is 429. The van der Waals surface area contributed by atoms with Crippen molar-refractivity contribution in [1.29, 1.82) is 0 Å². The van der Waals surface area contributed by atoms with Gasteiger partial charge in [0.15, 0.2) is 0 Å². The quantitative estimate of drug-likeness (QED) is 0.880. The summed E-state index contributed by atoms with van der Waals surface area (Å²) in [5, 5.41) is 4.23. The summed E-state index contributed by atoms with van der Waals surface area (Å²) >= 11 is 6.04. The molecule has 1 fully saturated rings. The number of anilines is 1. The normalized spacial score (nSPS) is 23.2. The fraction of sp³-hybridized carbons (Fsp3) is 0.600. The number of piperidine rings is 1. The van der Waals surface area contributed by atoms with E-state index in [1.54, 1.807) is 0 Å². The van der Waals surface area contributed by atoms with Crippen LogP contribution in [0.15, 0.2) is 18.2 Å². The van der Waals surface area contributed by atoms with E-state index in [0.29, 0.717) is 6.04 Å². The molecule has 18 heavy (non-hydrogen) atoms. The van der Waals surface area contributed by atoms with Gasteiger partial charge >= 0.3 is 0 Å². The minimum absolute atomic E-state index is 0.185. The lowest BCUT2D eigenvalue weighted by atomic mass is 9.86. The smallest absolute Gasteiger partial charge is 0.0410 e. The van der Waals surface area contributed by atoms with Crippen LogP contribution in [0.1, 0.15) is 32.3 Å². The van der Waals surface area contributed by atoms with Gasteiger partial charge in [-0.2, -0.15) is 0 Å². The van der Waals surface area contributed by atoms with Crippen molar-refractivity contribution in [1.82, 2.24) is 5.32 Å². The van der Waals surface area contributed by atoms with Crippen LogP contribution in [-0.4, -0.2) is 25.2 Å². The number of halogens is 1. The SMILES string of the molecule is CNC1CCN(c2ccc(Cl)cc2C)C(C)(C)C1. The molecule has 1 unspecified atom stereocenters. The summed E-state index contributed by atoms with van der Waals surface area (Å²) in [5.74, 6) is 0. The Morgan fingerprint density at radius 2 is 2.11 bits per heavy atom.